The first-order valence-corrected chi connectivity index (χ1v) is 8.23. The van der Waals surface area contributed by atoms with E-state index in [2.05, 4.69) is 27.1 Å². The number of nitrogens with zero attached hydrogens (tertiary/aromatic N) is 5. The molecule has 0 aliphatic carbocycles. The van der Waals surface area contributed by atoms with E-state index in [0.717, 1.165) is 30.1 Å². The topological polar surface area (TPSA) is 59.5 Å². The number of imidazole rings is 1. The van der Waals surface area contributed by atoms with Gasteiger partial charge in [0.1, 0.15) is 11.3 Å². The Morgan fingerprint density at radius 2 is 2.26 bits per heavy atom. The highest BCUT2D eigenvalue weighted by atomic mass is 16.5. The maximum Gasteiger partial charge on any atom is 0.227 e. The normalized spacial score (nSPS) is 19.4. The minimum Gasteiger partial charge on any atom is -0.339 e. The lowest BCUT2D eigenvalue weighted by molar-refractivity contribution is 0.199. The van der Waals surface area contributed by atoms with E-state index < -0.39 is 0 Å². The summed E-state index contributed by atoms with van der Waals surface area (Å²) in [5.41, 5.74) is 1.64. The summed E-state index contributed by atoms with van der Waals surface area (Å²) in [5.74, 6) is 2.02. The van der Waals surface area contributed by atoms with Crippen LogP contribution in [0.4, 0.5) is 0 Å². The Morgan fingerprint density at radius 3 is 3.13 bits per heavy atom. The first kappa shape index (κ1) is 14.4. The molecule has 0 radical (unpaired) electrons. The van der Waals surface area contributed by atoms with E-state index >= 15 is 0 Å². The lowest BCUT2D eigenvalue weighted by Gasteiger charge is -2.29. The molecular weight excluding hydrogens is 290 g/mol. The summed E-state index contributed by atoms with van der Waals surface area (Å²) < 4.78 is 7.37. The van der Waals surface area contributed by atoms with Crippen molar-refractivity contribution >= 4 is 5.65 Å². The molecule has 0 amide bonds. The van der Waals surface area contributed by atoms with Gasteiger partial charge < -0.3 is 13.8 Å². The maximum atomic E-state index is 5.41. The van der Waals surface area contributed by atoms with E-state index in [-0.39, 0.29) is 0 Å². The number of hydrogen-bond acceptors (Lipinski definition) is 5. The van der Waals surface area contributed by atoms with Crippen LogP contribution in [0.15, 0.2) is 35.1 Å². The summed E-state index contributed by atoms with van der Waals surface area (Å²) in [6.07, 6.45) is 8.44. The molecule has 4 rings (SSSR count). The van der Waals surface area contributed by atoms with Crippen molar-refractivity contribution in [3.8, 4) is 11.5 Å². The molecule has 1 saturated heterocycles. The quantitative estimate of drug-likeness (QED) is 0.741. The van der Waals surface area contributed by atoms with E-state index in [9.17, 15) is 0 Å². The highest BCUT2D eigenvalue weighted by Crippen LogP contribution is 2.21. The SMILES string of the molecule is CN1CCC[C@H](CCc2nc(-c3cn4ccccc4n3)no2)C1. The molecule has 23 heavy (non-hydrogen) atoms. The zero-order valence-electron chi connectivity index (χ0n) is 13.4. The van der Waals surface area contributed by atoms with Gasteiger partial charge in [-0.15, -0.1) is 0 Å². The third kappa shape index (κ3) is 3.12. The lowest BCUT2D eigenvalue weighted by Crippen LogP contribution is -2.32. The van der Waals surface area contributed by atoms with Gasteiger partial charge in [-0.25, -0.2) is 4.98 Å². The van der Waals surface area contributed by atoms with Crippen LogP contribution in [0, 0.1) is 5.92 Å². The zero-order valence-corrected chi connectivity index (χ0v) is 13.4. The van der Waals surface area contributed by atoms with Crippen LogP contribution < -0.4 is 0 Å². The summed E-state index contributed by atoms with van der Waals surface area (Å²) in [4.78, 5) is 11.4. The van der Waals surface area contributed by atoms with Gasteiger partial charge in [-0.2, -0.15) is 4.98 Å². The lowest BCUT2D eigenvalue weighted by atomic mass is 9.94. The minimum absolute atomic E-state index is 0.574. The first-order valence-electron chi connectivity index (χ1n) is 8.23. The number of fused-ring (bicyclic) bond motifs is 1. The van der Waals surface area contributed by atoms with Crippen LogP contribution in [0.3, 0.4) is 0 Å². The van der Waals surface area contributed by atoms with Crippen molar-refractivity contribution in [2.24, 2.45) is 5.92 Å². The molecular formula is C17H21N5O. The Balaban J connectivity index is 1.44. The minimum atomic E-state index is 0.574. The molecule has 6 heteroatoms. The molecule has 1 aliphatic heterocycles. The van der Waals surface area contributed by atoms with Gasteiger partial charge in [-0.05, 0) is 50.9 Å². The molecule has 0 bridgehead atoms. The Labute approximate surface area is 135 Å². The highest BCUT2D eigenvalue weighted by molar-refractivity contribution is 5.54. The molecule has 0 spiro atoms. The smallest absolute Gasteiger partial charge is 0.227 e. The van der Waals surface area contributed by atoms with Crippen LogP contribution in [-0.2, 0) is 6.42 Å². The van der Waals surface area contributed by atoms with Crippen LogP contribution in [0.25, 0.3) is 17.2 Å². The van der Waals surface area contributed by atoms with Crippen molar-refractivity contribution < 1.29 is 4.52 Å². The Kier molecular flexibility index (Phi) is 3.83. The van der Waals surface area contributed by atoms with Gasteiger partial charge >= 0.3 is 0 Å². The predicted molar refractivity (Wildman–Crippen MR) is 87.0 cm³/mol. The number of likely N-dealkylation sites (tertiary alicyclic amines) is 1. The Morgan fingerprint density at radius 1 is 1.30 bits per heavy atom. The summed E-state index contributed by atoms with van der Waals surface area (Å²) in [6.45, 7) is 2.39. The number of aryl methyl sites for hydroxylation is 1. The zero-order chi connectivity index (χ0) is 15.6. The fraction of sp³-hybridized carbons (Fsp3) is 0.471. The van der Waals surface area contributed by atoms with Crippen LogP contribution in [0.2, 0.25) is 0 Å². The molecule has 120 valence electrons. The second-order valence-corrected chi connectivity index (χ2v) is 6.41. The van der Waals surface area contributed by atoms with E-state index in [4.69, 9.17) is 4.52 Å². The number of rotatable bonds is 4. The molecule has 3 aromatic heterocycles. The molecule has 0 saturated carbocycles. The highest BCUT2D eigenvalue weighted by Gasteiger charge is 2.19. The first-order chi connectivity index (χ1) is 11.3. The molecule has 6 nitrogen and oxygen atoms in total. The van der Waals surface area contributed by atoms with Gasteiger partial charge in [-0.3, -0.25) is 0 Å². The van der Waals surface area contributed by atoms with Gasteiger partial charge in [0.05, 0.1) is 0 Å². The predicted octanol–water partition coefficient (Wildman–Crippen LogP) is 2.66. The van der Waals surface area contributed by atoms with Crippen LogP contribution >= 0.6 is 0 Å². The molecule has 3 aromatic rings. The van der Waals surface area contributed by atoms with Crippen LogP contribution in [0.1, 0.15) is 25.2 Å². The summed E-state index contributed by atoms with van der Waals surface area (Å²) in [6, 6.07) is 5.90. The van der Waals surface area contributed by atoms with E-state index in [1.807, 2.05) is 35.0 Å². The van der Waals surface area contributed by atoms with Crippen molar-refractivity contribution in [1.82, 2.24) is 24.4 Å². The molecule has 1 aliphatic rings. The van der Waals surface area contributed by atoms with Crippen molar-refractivity contribution in [2.75, 3.05) is 20.1 Å². The molecule has 0 aromatic carbocycles. The average molecular weight is 311 g/mol. The molecule has 0 unspecified atom stereocenters. The van der Waals surface area contributed by atoms with E-state index in [1.165, 1.54) is 25.9 Å². The standard InChI is InChI=1S/C17H21N5O/c1-21-9-4-5-13(11-21)7-8-16-19-17(20-23-16)14-12-22-10-3-2-6-15(22)18-14/h2-3,6,10,12-13H,4-5,7-9,11H2,1H3/t13-/m1/s1. The molecule has 1 atom stereocenters. The third-order valence-electron chi connectivity index (χ3n) is 4.55. The van der Waals surface area contributed by atoms with Crippen molar-refractivity contribution in [1.29, 1.82) is 0 Å². The number of piperidine rings is 1. The third-order valence-corrected chi connectivity index (χ3v) is 4.55. The van der Waals surface area contributed by atoms with Crippen LogP contribution in [-0.4, -0.2) is 44.6 Å². The molecule has 0 N–H and O–H groups in total. The van der Waals surface area contributed by atoms with E-state index in [0.29, 0.717) is 11.7 Å². The fourth-order valence-corrected chi connectivity index (χ4v) is 3.34. The van der Waals surface area contributed by atoms with E-state index in [1.54, 1.807) is 0 Å². The van der Waals surface area contributed by atoms with Gasteiger partial charge in [0.2, 0.25) is 11.7 Å². The van der Waals surface area contributed by atoms with Crippen molar-refractivity contribution in [3.05, 3.63) is 36.5 Å². The second-order valence-electron chi connectivity index (χ2n) is 6.41. The van der Waals surface area contributed by atoms with Crippen LogP contribution in [0.5, 0.6) is 0 Å². The Hall–Kier alpha value is -2.21. The second kappa shape index (κ2) is 6.12. The van der Waals surface area contributed by atoms with Crippen molar-refractivity contribution in [2.45, 2.75) is 25.7 Å². The number of aromatic nitrogens is 4. The number of pyridine rings is 1. The van der Waals surface area contributed by atoms with Gasteiger partial charge in [0.15, 0.2) is 0 Å². The largest absolute Gasteiger partial charge is 0.339 e. The van der Waals surface area contributed by atoms with Crippen molar-refractivity contribution in [3.63, 3.8) is 0 Å². The van der Waals surface area contributed by atoms with Gasteiger partial charge in [0.25, 0.3) is 0 Å². The molecule has 4 heterocycles. The summed E-state index contributed by atoms with van der Waals surface area (Å²) >= 11 is 0. The molecule has 1 fully saturated rings. The summed E-state index contributed by atoms with van der Waals surface area (Å²) in [5, 5.41) is 4.09. The van der Waals surface area contributed by atoms with Gasteiger partial charge in [-0.1, -0.05) is 11.2 Å². The van der Waals surface area contributed by atoms with Gasteiger partial charge in [0, 0.05) is 25.4 Å². The monoisotopic (exact) mass is 311 g/mol. The number of hydrogen-bond donors (Lipinski definition) is 0. The average Bonchev–Trinajstić information content (AvgIpc) is 3.19. The fourth-order valence-electron chi connectivity index (χ4n) is 3.34. The maximum absolute atomic E-state index is 5.41. The summed E-state index contributed by atoms with van der Waals surface area (Å²) in [7, 11) is 2.19. The Bertz CT molecular complexity index is 760.